The maximum atomic E-state index is 14.9. The van der Waals surface area contributed by atoms with E-state index in [0.717, 1.165) is 22.8 Å². The number of rotatable bonds is 12. The van der Waals surface area contributed by atoms with Gasteiger partial charge in [-0.2, -0.15) is 13.5 Å². The number of carbonyl (C=O) groups is 2. The minimum atomic E-state index is -4.23. The summed E-state index contributed by atoms with van der Waals surface area (Å²) in [5, 5.41) is 7.35. The van der Waals surface area contributed by atoms with Crippen molar-refractivity contribution in [3.8, 4) is 22.6 Å². The van der Waals surface area contributed by atoms with Gasteiger partial charge in [0.2, 0.25) is 5.91 Å². The van der Waals surface area contributed by atoms with Crippen molar-refractivity contribution >= 4 is 39.2 Å². The number of para-hydroxylation sites is 1. The van der Waals surface area contributed by atoms with Gasteiger partial charge in [-0.05, 0) is 50.1 Å². The second-order valence-corrected chi connectivity index (χ2v) is 13.0. The summed E-state index contributed by atoms with van der Waals surface area (Å²) < 4.78 is 59.0. The van der Waals surface area contributed by atoms with Crippen LogP contribution in [0, 0.1) is 12.7 Å². The van der Waals surface area contributed by atoms with E-state index in [1.165, 1.54) is 12.1 Å². The number of halogens is 2. The first-order valence-electron chi connectivity index (χ1n) is 15.0. The summed E-state index contributed by atoms with van der Waals surface area (Å²) in [6.45, 7) is 2.97. The second kappa shape index (κ2) is 15.0. The molecule has 0 spiro atoms. The molecule has 14 heteroatoms. The number of hydrogen-bond donors (Lipinski definition) is 2. The highest BCUT2D eigenvalue weighted by molar-refractivity contribution is 7.85. The number of hydrogen-bond acceptors (Lipinski definition) is 7. The normalized spacial score (nSPS) is 13.0. The van der Waals surface area contributed by atoms with Crippen molar-refractivity contribution in [2.75, 3.05) is 37.0 Å². The van der Waals surface area contributed by atoms with Gasteiger partial charge < -0.3 is 19.7 Å². The van der Waals surface area contributed by atoms with Gasteiger partial charge in [-0.15, -0.1) is 0 Å². The molecule has 4 aromatic rings. The highest BCUT2D eigenvalue weighted by atomic mass is 35.5. The first-order valence-corrected chi connectivity index (χ1v) is 17.0. The molecule has 1 aliphatic rings. The minimum Gasteiger partial charge on any atom is -0.493 e. The van der Waals surface area contributed by atoms with Crippen LogP contribution in [0.5, 0.6) is 11.5 Å². The summed E-state index contributed by atoms with van der Waals surface area (Å²) in [6.07, 6.45) is 4.86. The highest BCUT2D eigenvalue weighted by Gasteiger charge is 2.25. The van der Waals surface area contributed by atoms with Crippen molar-refractivity contribution < 1.29 is 36.4 Å². The molecule has 2 amide bonds. The first-order chi connectivity index (χ1) is 22.5. The Hall–Kier alpha value is -4.46. The van der Waals surface area contributed by atoms with Gasteiger partial charge >= 0.3 is 0 Å². The number of nitrogens with zero attached hydrogens (tertiary/aromatic N) is 3. The fourth-order valence-corrected chi connectivity index (χ4v) is 5.68. The van der Waals surface area contributed by atoms with Gasteiger partial charge in [-0.3, -0.25) is 18.8 Å². The van der Waals surface area contributed by atoms with E-state index in [4.69, 9.17) is 25.6 Å². The molecule has 5 rings (SSSR count). The van der Waals surface area contributed by atoms with E-state index >= 15 is 0 Å². The number of carbonyl (C=O) groups excluding carboxylic acids is 2. The van der Waals surface area contributed by atoms with E-state index in [1.54, 1.807) is 28.0 Å². The molecule has 0 unspecified atom stereocenters. The molecule has 2 N–H and O–H groups in total. The van der Waals surface area contributed by atoms with Crippen LogP contribution in [-0.2, 0) is 21.5 Å². The Morgan fingerprint density at radius 1 is 1.17 bits per heavy atom. The Balaban J connectivity index is 1.24. The summed E-state index contributed by atoms with van der Waals surface area (Å²) in [5.41, 5.74) is 3.28. The van der Waals surface area contributed by atoms with Gasteiger partial charge in [0, 0.05) is 58.5 Å². The summed E-state index contributed by atoms with van der Waals surface area (Å²) >= 11 is 6.18. The van der Waals surface area contributed by atoms with Crippen molar-refractivity contribution in [3.05, 3.63) is 94.5 Å². The molecule has 0 radical (unpaired) electrons. The van der Waals surface area contributed by atoms with E-state index in [0.29, 0.717) is 54.8 Å². The number of nitrogens with one attached hydrogen (secondary N) is 1. The summed E-state index contributed by atoms with van der Waals surface area (Å²) in [5.74, 6) is -0.725. The molecular formula is C33H34ClFN4O7S. The molecule has 0 aliphatic carbocycles. The third-order valence-electron chi connectivity index (χ3n) is 7.61. The molecule has 0 bridgehead atoms. The lowest BCUT2D eigenvalue weighted by molar-refractivity contribution is -0.118. The largest absolute Gasteiger partial charge is 0.493 e. The zero-order chi connectivity index (χ0) is 33.6. The predicted molar refractivity (Wildman–Crippen MR) is 175 cm³/mol. The number of ether oxygens (including phenoxy) is 2. The Kier molecular flexibility index (Phi) is 10.8. The van der Waals surface area contributed by atoms with Gasteiger partial charge in [0.15, 0.2) is 5.75 Å². The molecule has 0 saturated carbocycles. The maximum Gasteiger partial charge on any atom is 0.266 e. The van der Waals surface area contributed by atoms with Crippen LogP contribution in [-0.4, -0.2) is 66.6 Å². The molecule has 0 fully saturated rings. The lowest BCUT2D eigenvalue weighted by Gasteiger charge is -2.23. The van der Waals surface area contributed by atoms with Crippen LogP contribution in [0.15, 0.2) is 67.0 Å². The van der Waals surface area contributed by atoms with Crippen LogP contribution in [0.4, 0.5) is 10.1 Å². The molecule has 11 nitrogen and oxygen atoms in total. The number of anilines is 1. The third kappa shape index (κ3) is 8.67. The lowest BCUT2D eigenvalue weighted by Crippen LogP contribution is -2.31. The molecular weight excluding hydrogens is 651 g/mol. The quantitative estimate of drug-likeness (QED) is 0.152. The van der Waals surface area contributed by atoms with Crippen molar-refractivity contribution in [2.24, 2.45) is 0 Å². The Labute approximate surface area is 277 Å². The maximum absolute atomic E-state index is 14.9. The van der Waals surface area contributed by atoms with Gasteiger partial charge in [0.1, 0.15) is 11.6 Å². The van der Waals surface area contributed by atoms with Crippen LogP contribution < -0.4 is 19.7 Å². The smallest absolute Gasteiger partial charge is 0.266 e. The Bertz CT molecular complexity index is 1880. The van der Waals surface area contributed by atoms with Crippen LogP contribution in [0.25, 0.3) is 11.1 Å². The van der Waals surface area contributed by atoms with Crippen LogP contribution in [0.1, 0.15) is 40.7 Å². The fraction of sp³-hybridized carbons (Fsp3) is 0.303. The number of benzene rings is 3. The van der Waals surface area contributed by atoms with Crippen LogP contribution >= 0.6 is 11.6 Å². The molecule has 2 heterocycles. The molecule has 1 aliphatic heterocycles. The summed E-state index contributed by atoms with van der Waals surface area (Å²) in [4.78, 5) is 27.4. The molecule has 1 aromatic heterocycles. The molecule has 248 valence electrons. The van der Waals surface area contributed by atoms with Crippen molar-refractivity contribution in [3.63, 3.8) is 0 Å². The first kappa shape index (κ1) is 33.9. The predicted octanol–water partition coefficient (Wildman–Crippen LogP) is 5.29. The van der Waals surface area contributed by atoms with E-state index < -0.39 is 27.6 Å². The van der Waals surface area contributed by atoms with E-state index in [9.17, 15) is 22.4 Å². The average Bonchev–Trinajstić information content (AvgIpc) is 3.38. The van der Waals surface area contributed by atoms with Crippen molar-refractivity contribution in [1.29, 1.82) is 0 Å². The average molecular weight is 685 g/mol. The third-order valence-corrected chi connectivity index (χ3v) is 8.74. The zero-order valence-corrected chi connectivity index (χ0v) is 27.2. The Morgan fingerprint density at radius 2 is 1.98 bits per heavy atom. The van der Waals surface area contributed by atoms with E-state index in [2.05, 4.69) is 10.4 Å². The molecule has 3 aromatic carbocycles. The molecule has 0 atom stereocenters. The standard InChI is InChI=1S/C33H34ClFN4O7S/c1-22-27(34)7-3-9-30(22)45-15-4-10-31(40)39-14-5-16-46-32-26(6-2-8-29(32)39)25-19-37-38(21-25)20-24-12-11-23(18-28(24)35)33(41)36-13-17-47(42,43)44/h2-3,6-9,11-12,18-19,21H,4-5,10,13-17,20H2,1H3,(H,36,41)(H,42,43,44). The molecule has 0 saturated heterocycles. The second-order valence-electron chi connectivity index (χ2n) is 11.0. The van der Waals surface area contributed by atoms with Crippen LogP contribution in [0.3, 0.4) is 0 Å². The van der Waals surface area contributed by atoms with E-state index in [1.807, 2.05) is 37.3 Å². The van der Waals surface area contributed by atoms with Crippen LogP contribution in [0.2, 0.25) is 5.02 Å². The highest BCUT2D eigenvalue weighted by Crippen LogP contribution is 2.40. The zero-order valence-electron chi connectivity index (χ0n) is 25.6. The van der Waals surface area contributed by atoms with E-state index in [-0.39, 0.29) is 36.5 Å². The lowest BCUT2D eigenvalue weighted by atomic mass is 10.1. The Morgan fingerprint density at radius 3 is 2.77 bits per heavy atom. The SMILES string of the molecule is Cc1c(Cl)cccc1OCCCC(=O)N1CCCOc2c(-c3cnn(Cc4ccc(C(=O)NCCS(=O)(=O)O)cc4F)c3)cccc21. The van der Waals surface area contributed by atoms with Gasteiger partial charge in [-0.25, -0.2) is 4.39 Å². The van der Waals surface area contributed by atoms with Gasteiger partial charge in [0.25, 0.3) is 16.0 Å². The minimum absolute atomic E-state index is 0.00898. The fourth-order valence-electron chi connectivity index (χ4n) is 5.15. The van der Waals surface area contributed by atoms with Crippen molar-refractivity contribution in [1.82, 2.24) is 15.1 Å². The van der Waals surface area contributed by atoms with Gasteiger partial charge in [-0.1, -0.05) is 35.9 Å². The molecule has 47 heavy (non-hydrogen) atoms. The topological polar surface area (TPSA) is 140 Å². The monoisotopic (exact) mass is 684 g/mol. The number of aromatic nitrogens is 2. The van der Waals surface area contributed by atoms with Gasteiger partial charge in [0.05, 0.1) is 37.4 Å². The summed E-state index contributed by atoms with van der Waals surface area (Å²) in [7, 11) is -4.23. The number of fused-ring (bicyclic) bond motifs is 1. The van der Waals surface area contributed by atoms with Crippen molar-refractivity contribution in [2.45, 2.75) is 32.7 Å². The summed E-state index contributed by atoms with van der Waals surface area (Å²) in [6, 6.07) is 15.0. The number of amides is 2.